The van der Waals surface area contributed by atoms with Crippen molar-refractivity contribution >= 4 is 49.5 Å². The van der Waals surface area contributed by atoms with E-state index in [9.17, 15) is 9.18 Å². The molecular weight excluding hydrogens is 403 g/mol. The third kappa shape index (κ3) is 2.23. The van der Waals surface area contributed by atoms with E-state index in [4.69, 9.17) is 9.97 Å². The number of halogens is 1. The summed E-state index contributed by atoms with van der Waals surface area (Å²) >= 11 is 0. The van der Waals surface area contributed by atoms with E-state index in [1.54, 1.807) is 16.7 Å². The number of hydrogen-bond donors (Lipinski definition) is 0. The average molecular weight is 418 g/mol. The zero-order valence-electron chi connectivity index (χ0n) is 16.8. The van der Waals surface area contributed by atoms with Crippen LogP contribution in [0.3, 0.4) is 0 Å². The Hall–Kier alpha value is -4.32. The van der Waals surface area contributed by atoms with E-state index < -0.39 is 0 Å². The highest BCUT2D eigenvalue weighted by Crippen LogP contribution is 2.34. The van der Waals surface area contributed by atoms with Crippen LogP contribution in [0.4, 0.5) is 4.39 Å². The highest BCUT2D eigenvalue weighted by atomic mass is 19.1. The molecule has 152 valence electrons. The van der Waals surface area contributed by atoms with Crippen molar-refractivity contribution in [3.05, 3.63) is 101 Å². The lowest BCUT2D eigenvalue weighted by Gasteiger charge is -2.09. The van der Waals surface area contributed by atoms with Gasteiger partial charge in [0.05, 0.1) is 28.6 Å². The van der Waals surface area contributed by atoms with Gasteiger partial charge in [-0.25, -0.2) is 14.4 Å². The van der Waals surface area contributed by atoms with Crippen LogP contribution >= 0.6 is 0 Å². The Morgan fingerprint density at radius 3 is 2.25 bits per heavy atom. The number of benzene rings is 3. The topological polar surface area (TPSA) is 52.2 Å². The molecule has 0 atom stereocenters. The van der Waals surface area contributed by atoms with E-state index >= 15 is 0 Å². The summed E-state index contributed by atoms with van der Waals surface area (Å²) in [7, 11) is 0. The van der Waals surface area contributed by atoms with Gasteiger partial charge < -0.3 is 0 Å². The molecule has 7 aromatic rings. The maximum absolute atomic E-state index is 13.6. The fourth-order valence-electron chi connectivity index (χ4n) is 4.73. The molecule has 0 fully saturated rings. The van der Waals surface area contributed by atoms with E-state index in [0.717, 1.165) is 43.8 Å². The molecule has 5 nitrogen and oxygen atoms in total. The number of para-hydroxylation sites is 2. The van der Waals surface area contributed by atoms with E-state index in [0.29, 0.717) is 17.8 Å². The van der Waals surface area contributed by atoms with E-state index in [1.165, 1.54) is 12.1 Å². The van der Waals surface area contributed by atoms with Crippen molar-refractivity contribution in [1.82, 2.24) is 18.9 Å². The van der Waals surface area contributed by atoms with Crippen molar-refractivity contribution in [2.45, 2.75) is 6.54 Å². The van der Waals surface area contributed by atoms with Crippen molar-refractivity contribution < 1.29 is 4.39 Å². The number of fused-ring (bicyclic) bond motifs is 6. The summed E-state index contributed by atoms with van der Waals surface area (Å²) in [5, 5.41) is 2.92. The van der Waals surface area contributed by atoms with E-state index in [1.807, 2.05) is 59.0 Å². The molecule has 0 aliphatic rings. The molecule has 0 aliphatic heterocycles. The molecule has 0 saturated carbocycles. The van der Waals surface area contributed by atoms with Crippen LogP contribution in [-0.4, -0.2) is 18.9 Å². The summed E-state index contributed by atoms with van der Waals surface area (Å²) in [5.41, 5.74) is 4.69. The van der Waals surface area contributed by atoms with Crippen LogP contribution in [0.25, 0.3) is 49.5 Å². The first kappa shape index (κ1) is 17.4. The number of pyridine rings is 1. The SMILES string of the molecule is O=c1c2cc3c4ccccc4nc3c3c4ccccc4nc(n1Cc1ccc(F)cc1)n23. The summed E-state index contributed by atoms with van der Waals surface area (Å²) in [6.07, 6.45) is 0. The second-order valence-electron chi connectivity index (χ2n) is 8.05. The van der Waals surface area contributed by atoms with Gasteiger partial charge >= 0.3 is 0 Å². The molecule has 0 bridgehead atoms. The standard InChI is InChI=1S/C26H15FN4O/c27-16-11-9-15(10-12-16)14-30-25(32)22-13-19-17-5-1-3-7-20(17)28-23(19)24-18-6-2-4-8-21(18)29-26(30)31(22)24/h1-13H,14H2. The smallest absolute Gasteiger partial charge is 0.272 e. The second-order valence-corrected chi connectivity index (χ2v) is 8.05. The Balaban J connectivity index is 1.68. The molecule has 0 spiro atoms. The zero-order valence-corrected chi connectivity index (χ0v) is 16.8. The Morgan fingerprint density at radius 1 is 0.781 bits per heavy atom. The molecular formula is C26H15FN4O. The highest BCUT2D eigenvalue weighted by Gasteiger charge is 2.21. The number of nitrogens with zero attached hydrogens (tertiary/aromatic N) is 4. The van der Waals surface area contributed by atoms with Crippen LogP contribution in [0, 0.1) is 5.82 Å². The maximum Gasteiger partial charge on any atom is 0.278 e. The average Bonchev–Trinajstić information content (AvgIpc) is 3.32. The first-order valence-electron chi connectivity index (χ1n) is 10.4. The zero-order chi connectivity index (χ0) is 21.4. The number of imidazole rings is 1. The lowest BCUT2D eigenvalue weighted by atomic mass is 10.1. The van der Waals surface area contributed by atoms with Crippen LogP contribution in [0.15, 0.2) is 83.7 Å². The van der Waals surface area contributed by atoms with Gasteiger partial charge in [0.1, 0.15) is 11.3 Å². The molecule has 0 radical (unpaired) electrons. The minimum atomic E-state index is -0.304. The predicted octanol–water partition coefficient (Wildman–Crippen LogP) is 5.13. The van der Waals surface area contributed by atoms with Gasteiger partial charge in [0.15, 0.2) is 0 Å². The van der Waals surface area contributed by atoms with Crippen LogP contribution < -0.4 is 5.56 Å². The molecule has 3 aromatic carbocycles. The molecule has 32 heavy (non-hydrogen) atoms. The number of aromatic nitrogens is 4. The Bertz CT molecular complexity index is 1880. The second kappa shape index (κ2) is 6.11. The Labute approximate surface area is 180 Å². The van der Waals surface area contributed by atoms with Crippen LogP contribution in [0.5, 0.6) is 0 Å². The lowest BCUT2D eigenvalue weighted by molar-refractivity contribution is 0.626. The molecule has 4 heterocycles. The van der Waals surface area contributed by atoms with E-state index in [2.05, 4.69) is 0 Å². The quantitative estimate of drug-likeness (QED) is 0.366. The summed E-state index contributed by atoms with van der Waals surface area (Å²) in [5.74, 6) is 0.249. The van der Waals surface area contributed by atoms with Crippen molar-refractivity contribution in [2.24, 2.45) is 0 Å². The summed E-state index contributed by atoms with van der Waals surface area (Å²) in [4.78, 5) is 23.4. The monoisotopic (exact) mass is 418 g/mol. The predicted molar refractivity (Wildman–Crippen MR) is 124 cm³/mol. The van der Waals surface area contributed by atoms with Crippen molar-refractivity contribution in [2.75, 3.05) is 0 Å². The highest BCUT2D eigenvalue weighted by molar-refractivity contribution is 6.18. The normalized spacial score (nSPS) is 12.2. The van der Waals surface area contributed by atoms with Crippen molar-refractivity contribution in [3.63, 3.8) is 0 Å². The number of rotatable bonds is 2. The lowest BCUT2D eigenvalue weighted by Crippen LogP contribution is -2.16. The first-order chi connectivity index (χ1) is 15.7. The minimum Gasteiger partial charge on any atom is -0.272 e. The number of hydrogen-bond acceptors (Lipinski definition) is 3. The molecule has 7 rings (SSSR count). The van der Waals surface area contributed by atoms with Gasteiger partial charge in [-0.1, -0.05) is 48.5 Å². The van der Waals surface area contributed by atoms with Gasteiger partial charge in [-0.05, 0) is 35.9 Å². The third-order valence-corrected chi connectivity index (χ3v) is 6.19. The van der Waals surface area contributed by atoms with Crippen LogP contribution in [0.2, 0.25) is 0 Å². The molecule has 0 saturated heterocycles. The molecule has 6 heteroatoms. The largest absolute Gasteiger partial charge is 0.278 e. The summed E-state index contributed by atoms with van der Waals surface area (Å²) < 4.78 is 17.0. The van der Waals surface area contributed by atoms with Gasteiger partial charge in [0.25, 0.3) is 5.56 Å². The van der Waals surface area contributed by atoms with Crippen molar-refractivity contribution in [1.29, 1.82) is 0 Å². The third-order valence-electron chi connectivity index (χ3n) is 6.19. The maximum atomic E-state index is 13.6. The van der Waals surface area contributed by atoms with Gasteiger partial charge in [-0.2, -0.15) is 0 Å². The Morgan fingerprint density at radius 2 is 1.47 bits per heavy atom. The molecule has 0 aliphatic carbocycles. The Kier molecular flexibility index (Phi) is 3.31. The van der Waals surface area contributed by atoms with Gasteiger partial charge in [-0.15, -0.1) is 0 Å². The van der Waals surface area contributed by atoms with Crippen LogP contribution in [-0.2, 0) is 6.54 Å². The summed E-state index contributed by atoms with van der Waals surface area (Å²) in [6, 6.07) is 24.0. The van der Waals surface area contributed by atoms with Gasteiger partial charge in [0.2, 0.25) is 5.78 Å². The van der Waals surface area contributed by atoms with Gasteiger partial charge in [0, 0.05) is 16.2 Å². The fraction of sp³-hybridized carbons (Fsp3) is 0.0385. The molecule has 0 amide bonds. The van der Waals surface area contributed by atoms with Crippen LogP contribution in [0.1, 0.15) is 5.56 Å². The first-order valence-corrected chi connectivity index (χ1v) is 10.4. The van der Waals surface area contributed by atoms with E-state index in [-0.39, 0.29) is 11.4 Å². The van der Waals surface area contributed by atoms with Gasteiger partial charge in [-0.3, -0.25) is 13.8 Å². The van der Waals surface area contributed by atoms with Crippen molar-refractivity contribution in [3.8, 4) is 0 Å². The molecule has 0 unspecified atom stereocenters. The molecule has 4 aromatic heterocycles. The minimum absolute atomic E-state index is 0.130. The fourth-order valence-corrected chi connectivity index (χ4v) is 4.73. The summed E-state index contributed by atoms with van der Waals surface area (Å²) in [6.45, 7) is 0.305. The molecule has 0 N–H and O–H groups in total.